The SMILES string of the molecule is CC(C)[C@H]1OCC[C@@H]1CNc1ncc(F)cn1. The van der Waals surface area contributed by atoms with Crippen LogP contribution in [0.25, 0.3) is 0 Å². The zero-order valence-corrected chi connectivity index (χ0v) is 10.2. The molecule has 1 aromatic rings. The molecule has 1 aromatic heterocycles. The molecule has 0 unspecified atom stereocenters. The minimum atomic E-state index is -0.417. The molecule has 0 amide bonds. The van der Waals surface area contributed by atoms with Crippen molar-refractivity contribution in [1.29, 1.82) is 0 Å². The number of ether oxygens (including phenoxy) is 1. The van der Waals surface area contributed by atoms with Crippen molar-refractivity contribution in [2.45, 2.75) is 26.4 Å². The molecule has 0 aromatic carbocycles. The van der Waals surface area contributed by atoms with Gasteiger partial charge >= 0.3 is 0 Å². The summed E-state index contributed by atoms with van der Waals surface area (Å²) in [4.78, 5) is 7.74. The second-order valence-electron chi connectivity index (χ2n) is 4.73. The molecule has 0 spiro atoms. The zero-order valence-electron chi connectivity index (χ0n) is 10.2. The van der Waals surface area contributed by atoms with Crippen LogP contribution in [0.2, 0.25) is 0 Å². The van der Waals surface area contributed by atoms with E-state index in [1.807, 2.05) is 0 Å². The van der Waals surface area contributed by atoms with Crippen LogP contribution in [0.5, 0.6) is 0 Å². The minimum absolute atomic E-state index is 0.294. The van der Waals surface area contributed by atoms with Gasteiger partial charge in [0.05, 0.1) is 18.5 Å². The van der Waals surface area contributed by atoms with E-state index in [1.165, 1.54) is 12.4 Å². The van der Waals surface area contributed by atoms with Gasteiger partial charge in [0.2, 0.25) is 5.95 Å². The van der Waals surface area contributed by atoms with Crippen LogP contribution in [0.1, 0.15) is 20.3 Å². The molecular formula is C12H18FN3O. The molecule has 1 N–H and O–H groups in total. The Kier molecular flexibility index (Phi) is 3.89. The molecule has 1 aliphatic rings. The Hall–Kier alpha value is -1.23. The third kappa shape index (κ3) is 3.12. The summed E-state index contributed by atoms with van der Waals surface area (Å²) in [5.41, 5.74) is 0. The Morgan fingerprint density at radius 2 is 2.18 bits per heavy atom. The molecule has 2 atom stereocenters. The van der Waals surface area contributed by atoms with Crippen LogP contribution in [0.15, 0.2) is 12.4 Å². The van der Waals surface area contributed by atoms with Crippen LogP contribution in [0.3, 0.4) is 0 Å². The van der Waals surface area contributed by atoms with E-state index in [0.717, 1.165) is 19.6 Å². The monoisotopic (exact) mass is 239 g/mol. The van der Waals surface area contributed by atoms with E-state index in [0.29, 0.717) is 23.9 Å². The predicted molar refractivity (Wildman–Crippen MR) is 63.2 cm³/mol. The predicted octanol–water partition coefficient (Wildman–Crippen LogP) is 2.09. The topological polar surface area (TPSA) is 47.0 Å². The Balaban J connectivity index is 1.87. The van der Waals surface area contributed by atoms with Gasteiger partial charge in [-0.1, -0.05) is 13.8 Å². The second-order valence-corrected chi connectivity index (χ2v) is 4.73. The lowest BCUT2D eigenvalue weighted by atomic mass is 9.93. The van der Waals surface area contributed by atoms with Gasteiger partial charge in [-0.15, -0.1) is 0 Å². The van der Waals surface area contributed by atoms with Gasteiger partial charge in [-0.05, 0) is 12.3 Å². The van der Waals surface area contributed by atoms with Gasteiger partial charge in [0, 0.05) is 19.1 Å². The fourth-order valence-electron chi connectivity index (χ4n) is 2.24. The number of hydrogen-bond acceptors (Lipinski definition) is 4. The summed E-state index contributed by atoms with van der Waals surface area (Å²) in [6.07, 6.45) is 3.68. The highest BCUT2D eigenvalue weighted by atomic mass is 19.1. The summed E-state index contributed by atoms with van der Waals surface area (Å²) in [7, 11) is 0. The highest BCUT2D eigenvalue weighted by Gasteiger charge is 2.30. The van der Waals surface area contributed by atoms with Crippen molar-refractivity contribution >= 4 is 5.95 Å². The lowest BCUT2D eigenvalue weighted by molar-refractivity contribution is 0.0566. The first kappa shape index (κ1) is 12.2. The molecule has 4 nitrogen and oxygen atoms in total. The van der Waals surface area contributed by atoms with Crippen LogP contribution in [-0.4, -0.2) is 29.2 Å². The molecular weight excluding hydrogens is 221 g/mol. The van der Waals surface area contributed by atoms with Crippen LogP contribution in [0, 0.1) is 17.7 Å². The Labute approximate surface area is 101 Å². The maximum atomic E-state index is 12.6. The lowest BCUT2D eigenvalue weighted by Crippen LogP contribution is -2.28. The first-order valence-corrected chi connectivity index (χ1v) is 6.00. The van der Waals surface area contributed by atoms with Gasteiger partial charge in [0.15, 0.2) is 5.82 Å². The van der Waals surface area contributed by atoms with E-state index in [2.05, 4.69) is 29.1 Å². The van der Waals surface area contributed by atoms with Gasteiger partial charge in [0.25, 0.3) is 0 Å². The van der Waals surface area contributed by atoms with Crippen molar-refractivity contribution in [1.82, 2.24) is 9.97 Å². The van der Waals surface area contributed by atoms with Crippen LogP contribution in [0.4, 0.5) is 10.3 Å². The highest BCUT2D eigenvalue weighted by molar-refractivity contribution is 5.22. The van der Waals surface area contributed by atoms with E-state index in [1.54, 1.807) is 0 Å². The average molecular weight is 239 g/mol. The summed E-state index contributed by atoms with van der Waals surface area (Å²) >= 11 is 0. The molecule has 1 fully saturated rings. The van der Waals surface area contributed by atoms with Gasteiger partial charge < -0.3 is 10.1 Å². The zero-order chi connectivity index (χ0) is 12.3. The third-order valence-corrected chi connectivity index (χ3v) is 3.06. The summed E-state index contributed by atoms with van der Waals surface area (Å²) in [6.45, 7) is 5.92. The van der Waals surface area contributed by atoms with Crippen molar-refractivity contribution < 1.29 is 9.13 Å². The molecule has 94 valence electrons. The Bertz CT molecular complexity index is 355. The van der Waals surface area contributed by atoms with Crippen LogP contribution >= 0.6 is 0 Å². The minimum Gasteiger partial charge on any atom is -0.378 e. The number of anilines is 1. The largest absolute Gasteiger partial charge is 0.378 e. The summed E-state index contributed by atoms with van der Waals surface area (Å²) in [5, 5.41) is 3.13. The molecule has 1 saturated heterocycles. The van der Waals surface area contributed by atoms with Crippen molar-refractivity contribution in [3.05, 3.63) is 18.2 Å². The number of nitrogens with zero attached hydrogens (tertiary/aromatic N) is 2. The quantitative estimate of drug-likeness (QED) is 0.874. The number of nitrogens with one attached hydrogen (secondary N) is 1. The summed E-state index contributed by atoms with van der Waals surface area (Å²) in [6, 6.07) is 0. The first-order valence-electron chi connectivity index (χ1n) is 6.00. The lowest BCUT2D eigenvalue weighted by Gasteiger charge is -2.22. The average Bonchev–Trinajstić information content (AvgIpc) is 2.76. The molecule has 0 aliphatic carbocycles. The Morgan fingerprint density at radius 1 is 1.47 bits per heavy atom. The van der Waals surface area contributed by atoms with Crippen LogP contribution in [-0.2, 0) is 4.74 Å². The van der Waals surface area contributed by atoms with Crippen molar-refractivity contribution in [3.63, 3.8) is 0 Å². The smallest absolute Gasteiger partial charge is 0.222 e. The van der Waals surface area contributed by atoms with Crippen molar-refractivity contribution in [3.8, 4) is 0 Å². The van der Waals surface area contributed by atoms with E-state index < -0.39 is 5.82 Å². The van der Waals surface area contributed by atoms with Crippen molar-refractivity contribution in [2.75, 3.05) is 18.5 Å². The normalized spacial score (nSPS) is 24.2. The number of aromatic nitrogens is 2. The maximum Gasteiger partial charge on any atom is 0.222 e. The highest BCUT2D eigenvalue weighted by Crippen LogP contribution is 2.26. The standard InChI is InChI=1S/C12H18FN3O/c1-8(2)11-9(3-4-17-11)5-14-12-15-6-10(13)7-16-12/h6-9,11H,3-5H2,1-2H3,(H,14,15,16)/t9-,11-/m1/s1. The van der Waals surface area contributed by atoms with Crippen LogP contribution < -0.4 is 5.32 Å². The summed E-state index contributed by atoms with van der Waals surface area (Å²) in [5.74, 6) is 1.04. The van der Waals surface area contributed by atoms with Crippen molar-refractivity contribution in [2.24, 2.45) is 11.8 Å². The molecule has 0 radical (unpaired) electrons. The maximum absolute atomic E-state index is 12.6. The fraction of sp³-hybridized carbons (Fsp3) is 0.667. The molecule has 17 heavy (non-hydrogen) atoms. The molecule has 0 bridgehead atoms. The molecule has 1 aliphatic heterocycles. The fourth-order valence-corrected chi connectivity index (χ4v) is 2.24. The number of halogens is 1. The van der Waals surface area contributed by atoms with E-state index in [-0.39, 0.29) is 0 Å². The summed E-state index contributed by atoms with van der Waals surface area (Å²) < 4.78 is 18.3. The first-order chi connectivity index (χ1) is 8.16. The van der Waals surface area contributed by atoms with Gasteiger partial charge in [-0.25, -0.2) is 14.4 Å². The molecule has 5 heteroatoms. The molecule has 0 saturated carbocycles. The number of hydrogen-bond donors (Lipinski definition) is 1. The van der Waals surface area contributed by atoms with Gasteiger partial charge in [0.1, 0.15) is 0 Å². The van der Waals surface area contributed by atoms with E-state index in [4.69, 9.17) is 4.74 Å². The number of rotatable bonds is 4. The van der Waals surface area contributed by atoms with E-state index in [9.17, 15) is 4.39 Å². The van der Waals surface area contributed by atoms with Gasteiger partial charge in [-0.3, -0.25) is 0 Å². The molecule has 2 heterocycles. The van der Waals surface area contributed by atoms with E-state index >= 15 is 0 Å². The molecule has 2 rings (SSSR count). The third-order valence-electron chi connectivity index (χ3n) is 3.06. The Morgan fingerprint density at radius 3 is 2.82 bits per heavy atom. The second kappa shape index (κ2) is 5.40. The van der Waals surface area contributed by atoms with Gasteiger partial charge in [-0.2, -0.15) is 0 Å².